The minimum atomic E-state index is 1.06. The van der Waals surface area contributed by atoms with Crippen LogP contribution in [0.1, 0.15) is 11.1 Å². The molecule has 0 radical (unpaired) electrons. The van der Waals surface area contributed by atoms with E-state index >= 15 is 0 Å². The van der Waals surface area contributed by atoms with Crippen molar-refractivity contribution in [3.05, 3.63) is 52.0 Å². The summed E-state index contributed by atoms with van der Waals surface area (Å²) in [5, 5.41) is 3.42. The second kappa shape index (κ2) is 7.07. The predicted octanol–water partition coefficient (Wildman–Crippen LogP) is 4.63. The van der Waals surface area contributed by atoms with E-state index in [1.165, 1.54) is 31.1 Å². The average molecular weight is 377 g/mol. The predicted molar refractivity (Wildman–Crippen MR) is 99.3 cm³/mol. The van der Waals surface area contributed by atoms with Gasteiger partial charge in [-0.25, -0.2) is 0 Å². The summed E-state index contributed by atoms with van der Waals surface area (Å²) in [5.74, 6) is 0. The van der Waals surface area contributed by atoms with E-state index < -0.39 is 0 Å². The van der Waals surface area contributed by atoms with E-state index in [1.54, 1.807) is 0 Å². The lowest BCUT2D eigenvalue weighted by Gasteiger charge is -2.31. The van der Waals surface area contributed by atoms with E-state index in [1.807, 2.05) is 11.8 Å². The smallest absolute Gasteiger partial charge is 0.0508 e. The van der Waals surface area contributed by atoms with Gasteiger partial charge in [-0.3, -0.25) is 0 Å². The first-order chi connectivity index (χ1) is 10.7. The molecule has 116 valence electrons. The van der Waals surface area contributed by atoms with Crippen LogP contribution in [0.5, 0.6) is 0 Å². The molecule has 0 atom stereocenters. The molecule has 4 heteroatoms. The number of halogens is 1. The molecular formula is C18H21BrN2S. The zero-order chi connectivity index (χ0) is 15.5. The summed E-state index contributed by atoms with van der Waals surface area (Å²) < 4.78 is 1.22. The summed E-state index contributed by atoms with van der Waals surface area (Å²) in [6, 6.07) is 13.2. The highest BCUT2D eigenvalue weighted by molar-refractivity contribution is 9.10. The first-order valence-electron chi connectivity index (χ1n) is 7.65. The maximum atomic E-state index is 3.71. The van der Waals surface area contributed by atoms with E-state index in [2.05, 4.69) is 76.4 Å². The lowest BCUT2D eigenvalue weighted by atomic mass is 10.2. The molecule has 0 bridgehead atoms. The Morgan fingerprint density at radius 2 is 1.73 bits per heavy atom. The van der Waals surface area contributed by atoms with Crippen molar-refractivity contribution in [2.75, 3.05) is 31.1 Å². The molecule has 1 saturated heterocycles. The highest BCUT2D eigenvalue weighted by Gasteiger charge is 2.15. The van der Waals surface area contributed by atoms with Crippen LogP contribution in [0.3, 0.4) is 0 Å². The molecule has 1 aliphatic rings. The lowest BCUT2D eigenvalue weighted by molar-refractivity contribution is 0.587. The van der Waals surface area contributed by atoms with Gasteiger partial charge >= 0.3 is 0 Å². The standard InChI is InChI=1S/C18H21BrN2S/c1-13-7-8-16(14(2)18(13)19)22-17-6-4-3-5-15(17)21-11-9-20-10-12-21/h3-8,20H,9-12H2,1-2H3. The van der Waals surface area contributed by atoms with Gasteiger partial charge in [0.15, 0.2) is 0 Å². The van der Waals surface area contributed by atoms with E-state index in [4.69, 9.17) is 0 Å². The minimum Gasteiger partial charge on any atom is -0.368 e. The van der Waals surface area contributed by atoms with E-state index in [0.29, 0.717) is 0 Å². The molecule has 0 unspecified atom stereocenters. The summed E-state index contributed by atoms with van der Waals surface area (Å²) in [6.45, 7) is 8.61. The zero-order valence-electron chi connectivity index (χ0n) is 13.0. The molecule has 22 heavy (non-hydrogen) atoms. The normalized spacial score (nSPS) is 15.1. The van der Waals surface area contributed by atoms with Crippen LogP contribution in [0.4, 0.5) is 5.69 Å². The summed E-state index contributed by atoms with van der Waals surface area (Å²) in [4.78, 5) is 5.14. The van der Waals surface area contributed by atoms with Gasteiger partial charge in [-0.05, 0) is 43.2 Å². The molecule has 1 N–H and O–H groups in total. The van der Waals surface area contributed by atoms with E-state index in [9.17, 15) is 0 Å². The second-order valence-corrected chi connectivity index (χ2v) is 7.50. The number of nitrogens with one attached hydrogen (secondary N) is 1. The molecule has 0 saturated carbocycles. The summed E-state index contributed by atoms with van der Waals surface area (Å²) in [6.07, 6.45) is 0. The van der Waals surface area contributed by atoms with Crippen LogP contribution in [0.25, 0.3) is 0 Å². The zero-order valence-corrected chi connectivity index (χ0v) is 15.4. The first-order valence-corrected chi connectivity index (χ1v) is 9.26. The Hall–Kier alpha value is -0.970. The SMILES string of the molecule is Cc1ccc(Sc2ccccc2N2CCNCC2)c(C)c1Br. The van der Waals surface area contributed by atoms with Crippen molar-refractivity contribution in [3.63, 3.8) is 0 Å². The molecule has 0 aliphatic carbocycles. The van der Waals surface area contributed by atoms with Crippen LogP contribution in [0, 0.1) is 13.8 Å². The van der Waals surface area contributed by atoms with Gasteiger partial charge in [-0.15, -0.1) is 0 Å². The topological polar surface area (TPSA) is 15.3 Å². The van der Waals surface area contributed by atoms with Crippen LogP contribution < -0.4 is 10.2 Å². The first kappa shape index (κ1) is 15.9. The third-order valence-electron chi connectivity index (χ3n) is 4.07. The Labute approximate surface area is 145 Å². The van der Waals surface area contributed by atoms with Gasteiger partial charge < -0.3 is 10.2 Å². The molecule has 0 spiro atoms. The quantitative estimate of drug-likeness (QED) is 0.840. The molecule has 2 aromatic carbocycles. The second-order valence-electron chi connectivity index (χ2n) is 5.63. The fourth-order valence-electron chi connectivity index (χ4n) is 2.74. The highest BCUT2D eigenvalue weighted by atomic mass is 79.9. The van der Waals surface area contributed by atoms with Crippen LogP contribution in [-0.4, -0.2) is 26.2 Å². The molecule has 2 aromatic rings. The third kappa shape index (κ3) is 3.34. The van der Waals surface area contributed by atoms with Crippen LogP contribution in [-0.2, 0) is 0 Å². The molecule has 0 aromatic heterocycles. The van der Waals surface area contributed by atoms with Gasteiger partial charge in [0.05, 0.1) is 5.69 Å². The highest BCUT2D eigenvalue weighted by Crippen LogP contribution is 2.39. The number of rotatable bonds is 3. The Kier molecular flexibility index (Phi) is 5.11. The third-order valence-corrected chi connectivity index (χ3v) is 6.52. The Bertz CT molecular complexity index is 666. The molecule has 1 heterocycles. The Morgan fingerprint density at radius 3 is 2.50 bits per heavy atom. The van der Waals surface area contributed by atoms with Crippen molar-refractivity contribution < 1.29 is 0 Å². The number of benzene rings is 2. The maximum absolute atomic E-state index is 3.71. The fourth-order valence-corrected chi connectivity index (χ4v) is 4.30. The number of piperazine rings is 1. The Balaban J connectivity index is 1.91. The monoisotopic (exact) mass is 376 g/mol. The van der Waals surface area contributed by atoms with Crippen LogP contribution >= 0.6 is 27.7 Å². The molecule has 3 rings (SSSR count). The van der Waals surface area contributed by atoms with Gasteiger partial charge in [0.2, 0.25) is 0 Å². The van der Waals surface area contributed by atoms with Crippen molar-refractivity contribution in [2.24, 2.45) is 0 Å². The molecule has 1 aliphatic heterocycles. The number of aryl methyl sites for hydroxylation is 1. The largest absolute Gasteiger partial charge is 0.368 e. The van der Waals surface area contributed by atoms with Crippen LogP contribution in [0.15, 0.2) is 50.7 Å². The number of anilines is 1. The number of hydrogen-bond acceptors (Lipinski definition) is 3. The summed E-state index contributed by atoms with van der Waals surface area (Å²) in [7, 11) is 0. The van der Waals surface area contributed by atoms with Gasteiger partial charge in [0.1, 0.15) is 0 Å². The molecule has 2 nitrogen and oxygen atoms in total. The summed E-state index contributed by atoms with van der Waals surface area (Å²) >= 11 is 5.57. The van der Waals surface area contributed by atoms with Crippen molar-refractivity contribution in [1.82, 2.24) is 5.32 Å². The van der Waals surface area contributed by atoms with Crippen LogP contribution in [0.2, 0.25) is 0 Å². The van der Waals surface area contributed by atoms with Gasteiger partial charge in [0, 0.05) is 40.4 Å². The number of para-hydroxylation sites is 1. The molecule has 1 fully saturated rings. The number of hydrogen-bond donors (Lipinski definition) is 1. The van der Waals surface area contributed by atoms with E-state index in [-0.39, 0.29) is 0 Å². The van der Waals surface area contributed by atoms with Crippen molar-refractivity contribution in [2.45, 2.75) is 23.6 Å². The maximum Gasteiger partial charge on any atom is 0.0508 e. The Morgan fingerprint density at radius 1 is 1.00 bits per heavy atom. The lowest BCUT2D eigenvalue weighted by Crippen LogP contribution is -2.43. The van der Waals surface area contributed by atoms with Gasteiger partial charge in [0.25, 0.3) is 0 Å². The van der Waals surface area contributed by atoms with E-state index in [0.717, 1.165) is 26.2 Å². The number of nitrogens with zero attached hydrogens (tertiary/aromatic N) is 1. The van der Waals surface area contributed by atoms with Gasteiger partial charge in [-0.1, -0.05) is 45.9 Å². The van der Waals surface area contributed by atoms with Gasteiger partial charge in [-0.2, -0.15) is 0 Å². The average Bonchev–Trinajstić information content (AvgIpc) is 2.57. The molecular weight excluding hydrogens is 356 g/mol. The molecule has 0 amide bonds. The fraction of sp³-hybridized carbons (Fsp3) is 0.333. The van der Waals surface area contributed by atoms with Crippen molar-refractivity contribution >= 4 is 33.4 Å². The van der Waals surface area contributed by atoms with Crippen molar-refractivity contribution in [1.29, 1.82) is 0 Å². The minimum absolute atomic E-state index is 1.06. The summed E-state index contributed by atoms with van der Waals surface area (Å²) in [5.41, 5.74) is 3.96. The van der Waals surface area contributed by atoms with Crippen molar-refractivity contribution in [3.8, 4) is 0 Å².